The number of carbonyl (C=O) groups excluding carboxylic acids is 1. The Kier molecular flexibility index (Phi) is 6.84. The zero-order chi connectivity index (χ0) is 26.9. The number of H-pyrrole nitrogens is 1. The molecule has 0 aliphatic carbocycles. The van der Waals surface area contributed by atoms with Gasteiger partial charge in [-0.25, -0.2) is 4.98 Å². The largest absolute Gasteiger partial charge is 0.332 e. The Labute approximate surface area is 234 Å². The number of anilines is 2. The molecule has 0 radical (unpaired) electrons. The number of rotatable bonds is 5. The summed E-state index contributed by atoms with van der Waals surface area (Å²) in [4.78, 5) is 24.6. The van der Waals surface area contributed by atoms with Crippen LogP contribution in [0.3, 0.4) is 0 Å². The van der Waals surface area contributed by atoms with E-state index in [0.29, 0.717) is 0 Å². The number of nitrogens with zero attached hydrogens (tertiary/aromatic N) is 2. The van der Waals surface area contributed by atoms with Gasteiger partial charge >= 0.3 is 0 Å². The fourth-order valence-electron chi connectivity index (χ4n) is 5.17. The highest BCUT2D eigenvalue weighted by Gasteiger charge is 2.30. The van der Waals surface area contributed by atoms with Crippen LogP contribution in [0.4, 0.5) is 11.4 Å². The first-order valence-corrected chi connectivity index (χ1v) is 14.3. The molecule has 0 fully saturated rings. The van der Waals surface area contributed by atoms with E-state index in [1.54, 1.807) is 0 Å². The van der Waals surface area contributed by atoms with Gasteiger partial charge in [0.25, 0.3) is 0 Å². The summed E-state index contributed by atoms with van der Waals surface area (Å²) >= 11 is 1.47. The number of imidazole rings is 1. The predicted molar refractivity (Wildman–Crippen MR) is 162 cm³/mol. The fourth-order valence-corrected chi connectivity index (χ4v) is 6.02. The van der Waals surface area contributed by atoms with Crippen molar-refractivity contribution in [3.05, 3.63) is 119 Å². The average Bonchev–Trinajstić information content (AvgIpc) is 3.29. The molecular formula is C34H31N3OS. The maximum atomic E-state index is 14.2. The van der Waals surface area contributed by atoms with Gasteiger partial charge in [-0.2, -0.15) is 0 Å². The number of nitrogens with one attached hydrogen (secondary N) is 1. The Morgan fingerprint density at radius 3 is 1.85 bits per heavy atom. The number of aromatic amines is 1. The van der Waals surface area contributed by atoms with Gasteiger partial charge in [-0.15, -0.1) is 0 Å². The van der Waals surface area contributed by atoms with Crippen LogP contribution in [-0.4, -0.2) is 21.1 Å². The van der Waals surface area contributed by atoms with E-state index in [2.05, 4.69) is 104 Å². The van der Waals surface area contributed by atoms with E-state index in [0.717, 1.165) is 51.9 Å². The molecule has 1 N–H and O–H groups in total. The molecule has 0 saturated heterocycles. The summed E-state index contributed by atoms with van der Waals surface area (Å²) in [7, 11) is 0. The summed E-state index contributed by atoms with van der Waals surface area (Å²) in [6.45, 7) is 6.15. The zero-order valence-corrected chi connectivity index (χ0v) is 23.3. The molecule has 4 aromatic carbocycles. The van der Waals surface area contributed by atoms with Crippen LogP contribution in [0.5, 0.6) is 0 Å². The molecule has 5 aromatic rings. The molecule has 1 aliphatic rings. The standard InChI is InChI=1S/C34H31N3OS/c1-22-12-16-27(17-13-22)31-32(28-18-14-23(2)15-19-28)36-34(35-31)39-24(3)33(38)37-29-10-6-4-8-25(29)20-21-26-9-5-7-11-30(26)37/h4-19,24H,20-21H2,1-3H3,(H,35,36). The molecule has 1 aromatic heterocycles. The van der Waals surface area contributed by atoms with Gasteiger partial charge in [0.1, 0.15) is 0 Å². The normalized spacial score (nSPS) is 13.4. The zero-order valence-electron chi connectivity index (χ0n) is 22.4. The van der Waals surface area contributed by atoms with Crippen LogP contribution < -0.4 is 4.90 Å². The Bertz CT molecular complexity index is 1530. The SMILES string of the molecule is Cc1ccc(-c2nc(SC(C)C(=O)N3c4ccccc4CCc4ccccc43)[nH]c2-c2ccc(C)cc2)cc1. The van der Waals surface area contributed by atoms with Crippen LogP contribution in [0, 0.1) is 13.8 Å². The third kappa shape index (κ3) is 5.02. The Morgan fingerprint density at radius 1 is 0.769 bits per heavy atom. The number of para-hydroxylation sites is 2. The van der Waals surface area contributed by atoms with Crippen molar-refractivity contribution in [3.63, 3.8) is 0 Å². The predicted octanol–water partition coefficient (Wildman–Crippen LogP) is 8.30. The van der Waals surface area contributed by atoms with Gasteiger partial charge in [0.05, 0.1) is 28.0 Å². The molecule has 0 bridgehead atoms. The van der Waals surface area contributed by atoms with Crippen molar-refractivity contribution in [2.75, 3.05) is 4.90 Å². The van der Waals surface area contributed by atoms with Crippen molar-refractivity contribution < 1.29 is 4.79 Å². The van der Waals surface area contributed by atoms with E-state index in [4.69, 9.17) is 4.98 Å². The molecule has 0 saturated carbocycles. The van der Waals surface area contributed by atoms with Crippen LogP contribution in [0.1, 0.15) is 29.2 Å². The van der Waals surface area contributed by atoms with Crippen molar-refractivity contribution in [2.45, 2.75) is 44.0 Å². The van der Waals surface area contributed by atoms with Crippen molar-refractivity contribution in [3.8, 4) is 22.5 Å². The van der Waals surface area contributed by atoms with E-state index < -0.39 is 0 Å². The molecule has 1 aliphatic heterocycles. The van der Waals surface area contributed by atoms with Gasteiger partial charge in [-0.1, -0.05) is 108 Å². The van der Waals surface area contributed by atoms with Crippen LogP contribution >= 0.6 is 11.8 Å². The summed E-state index contributed by atoms with van der Waals surface area (Å²) in [6, 6.07) is 33.4. The van der Waals surface area contributed by atoms with E-state index in [-0.39, 0.29) is 11.2 Å². The van der Waals surface area contributed by atoms with Gasteiger partial charge in [0.2, 0.25) is 5.91 Å². The number of thioether (sulfide) groups is 1. The maximum absolute atomic E-state index is 14.2. The van der Waals surface area contributed by atoms with E-state index in [1.165, 1.54) is 34.0 Å². The lowest BCUT2D eigenvalue weighted by Crippen LogP contribution is -2.33. The number of amides is 1. The second kappa shape index (κ2) is 10.6. The molecule has 4 nitrogen and oxygen atoms in total. The summed E-state index contributed by atoms with van der Waals surface area (Å²) in [5.74, 6) is 0.0481. The van der Waals surface area contributed by atoms with Gasteiger partial charge in [0.15, 0.2) is 5.16 Å². The number of aromatic nitrogens is 2. The third-order valence-corrected chi connectivity index (χ3v) is 8.30. The van der Waals surface area contributed by atoms with Crippen LogP contribution in [0.25, 0.3) is 22.5 Å². The van der Waals surface area contributed by atoms with Gasteiger partial charge in [-0.3, -0.25) is 9.69 Å². The van der Waals surface area contributed by atoms with Crippen molar-refractivity contribution in [1.82, 2.24) is 9.97 Å². The van der Waals surface area contributed by atoms with E-state index >= 15 is 0 Å². The molecule has 1 unspecified atom stereocenters. The van der Waals surface area contributed by atoms with E-state index in [1.807, 2.05) is 24.0 Å². The number of benzene rings is 4. The van der Waals surface area contributed by atoms with Gasteiger partial charge in [-0.05, 0) is 56.9 Å². The number of hydrogen-bond acceptors (Lipinski definition) is 3. The van der Waals surface area contributed by atoms with Crippen LogP contribution in [-0.2, 0) is 17.6 Å². The quantitative estimate of drug-likeness (QED) is 0.233. The number of fused-ring (bicyclic) bond motifs is 2. The molecule has 0 spiro atoms. The molecule has 2 heterocycles. The molecule has 5 heteroatoms. The molecule has 194 valence electrons. The van der Waals surface area contributed by atoms with Crippen molar-refractivity contribution >= 4 is 29.0 Å². The van der Waals surface area contributed by atoms with E-state index in [9.17, 15) is 4.79 Å². The smallest absolute Gasteiger partial charge is 0.244 e. The first-order valence-electron chi connectivity index (χ1n) is 13.4. The van der Waals surface area contributed by atoms with Crippen LogP contribution in [0.15, 0.2) is 102 Å². The summed E-state index contributed by atoms with van der Waals surface area (Å²) in [6.07, 6.45) is 1.83. The van der Waals surface area contributed by atoms with Crippen molar-refractivity contribution in [2.24, 2.45) is 0 Å². The van der Waals surface area contributed by atoms with Crippen LogP contribution in [0.2, 0.25) is 0 Å². The Balaban J connectivity index is 1.36. The molecule has 1 atom stereocenters. The minimum absolute atomic E-state index is 0.0481. The first kappa shape index (κ1) is 25.2. The number of aryl methyl sites for hydroxylation is 4. The average molecular weight is 530 g/mol. The molecule has 39 heavy (non-hydrogen) atoms. The Hall–Kier alpha value is -4.09. The topological polar surface area (TPSA) is 49.0 Å². The lowest BCUT2D eigenvalue weighted by Gasteiger charge is -2.27. The Morgan fingerprint density at radius 2 is 1.28 bits per heavy atom. The lowest BCUT2D eigenvalue weighted by molar-refractivity contribution is -0.117. The monoisotopic (exact) mass is 529 g/mol. The molecular weight excluding hydrogens is 498 g/mol. The highest BCUT2D eigenvalue weighted by Crippen LogP contribution is 2.39. The first-order chi connectivity index (χ1) is 19.0. The lowest BCUT2D eigenvalue weighted by atomic mass is 10.0. The second-order valence-corrected chi connectivity index (χ2v) is 11.5. The number of carbonyl (C=O) groups is 1. The number of hydrogen-bond donors (Lipinski definition) is 1. The van der Waals surface area contributed by atoms with Gasteiger partial charge < -0.3 is 4.98 Å². The molecule has 1 amide bonds. The third-order valence-electron chi connectivity index (χ3n) is 7.33. The fraction of sp³-hybridized carbons (Fsp3) is 0.176. The van der Waals surface area contributed by atoms with Gasteiger partial charge in [0, 0.05) is 11.1 Å². The minimum Gasteiger partial charge on any atom is -0.332 e. The minimum atomic E-state index is -0.355. The summed E-state index contributed by atoms with van der Waals surface area (Å²) in [5, 5.41) is 0.380. The summed E-state index contributed by atoms with van der Waals surface area (Å²) in [5.41, 5.74) is 10.7. The molecule has 6 rings (SSSR count). The maximum Gasteiger partial charge on any atom is 0.244 e. The summed E-state index contributed by atoms with van der Waals surface area (Å²) < 4.78 is 0. The highest BCUT2D eigenvalue weighted by atomic mass is 32.2. The highest BCUT2D eigenvalue weighted by molar-refractivity contribution is 8.00. The second-order valence-electron chi connectivity index (χ2n) is 10.2. The van der Waals surface area contributed by atoms with Crippen molar-refractivity contribution in [1.29, 1.82) is 0 Å².